The highest BCUT2D eigenvalue weighted by Gasteiger charge is 2.21. The second kappa shape index (κ2) is 8.32. The number of hydrogen-bond acceptors (Lipinski definition) is 4. The van der Waals surface area contributed by atoms with Crippen molar-refractivity contribution in [2.75, 3.05) is 11.8 Å². The molecular formula is C20H19FN2O4S2. The summed E-state index contributed by atoms with van der Waals surface area (Å²) in [4.78, 5) is -0.0566. The molecule has 0 spiro atoms. The zero-order chi connectivity index (χ0) is 21.1. The molecule has 0 aliphatic heterocycles. The Bertz CT molecular complexity index is 1180. The lowest BCUT2D eigenvalue weighted by atomic mass is 10.2. The van der Waals surface area contributed by atoms with Crippen molar-refractivity contribution in [3.8, 4) is 0 Å². The number of anilines is 1. The number of nitrogens with zero attached hydrogens (tertiary/aromatic N) is 1. The Morgan fingerprint density at radius 3 is 1.93 bits per heavy atom. The van der Waals surface area contributed by atoms with Gasteiger partial charge in [-0.3, -0.25) is 4.72 Å². The van der Waals surface area contributed by atoms with Crippen molar-refractivity contribution in [3.05, 3.63) is 90.2 Å². The summed E-state index contributed by atoms with van der Waals surface area (Å²) in [6.45, 7) is 0.210. The lowest BCUT2D eigenvalue weighted by molar-refractivity contribution is 0.467. The number of benzene rings is 3. The van der Waals surface area contributed by atoms with Gasteiger partial charge in [0.2, 0.25) is 10.0 Å². The molecule has 0 amide bonds. The van der Waals surface area contributed by atoms with Gasteiger partial charge in [-0.2, -0.15) is 4.31 Å². The third-order valence-electron chi connectivity index (χ3n) is 4.19. The fraction of sp³-hybridized carbons (Fsp3) is 0.100. The molecule has 0 saturated heterocycles. The SMILES string of the molecule is CN(Cc1ccccc1)S(=O)(=O)c1ccc(NS(=O)(=O)c2ccc(F)cc2)cc1. The van der Waals surface area contributed by atoms with Crippen molar-refractivity contribution in [1.82, 2.24) is 4.31 Å². The van der Waals surface area contributed by atoms with Crippen molar-refractivity contribution in [1.29, 1.82) is 0 Å². The third-order valence-corrected chi connectivity index (χ3v) is 7.40. The quantitative estimate of drug-likeness (QED) is 0.617. The number of hydrogen-bond donors (Lipinski definition) is 1. The molecule has 0 radical (unpaired) electrons. The van der Waals surface area contributed by atoms with Gasteiger partial charge in [-0.1, -0.05) is 30.3 Å². The molecule has 0 heterocycles. The van der Waals surface area contributed by atoms with Crippen LogP contribution in [0.2, 0.25) is 0 Å². The average molecular weight is 435 g/mol. The van der Waals surface area contributed by atoms with E-state index in [0.29, 0.717) is 0 Å². The predicted octanol–water partition coefficient (Wildman–Crippen LogP) is 3.45. The third kappa shape index (κ3) is 5.00. The van der Waals surface area contributed by atoms with Crippen LogP contribution in [0, 0.1) is 5.82 Å². The summed E-state index contributed by atoms with van der Waals surface area (Å²) in [6.07, 6.45) is 0. The summed E-state index contributed by atoms with van der Waals surface area (Å²) in [5.74, 6) is -0.543. The first-order valence-electron chi connectivity index (χ1n) is 8.57. The number of halogens is 1. The van der Waals surface area contributed by atoms with Crippen LogP contribution in [0.25, 0.3) is 0 Å². The van der Waals surface area contributed by atoms with Crippen LogP contribution < -0.4 is 4.72 Å². The normalized spacial score (nSPS) is 12.1. The van der Waals surface area contributed by atoms with E-state index in [4.69, 9.17) is 0 Å². The fourth-order valence-corrected chi connectivity index (χ4v) is 4.85. The highest BCUT2D eigenvalue weighted by molar-refractivity contribution is 7.92. The first kappa shape index (κ1) is 21.0. The van der Waals surface area contributed by atoms with E-state index in [2.05, 4.69) is 4.72 Å². The van der Waals surface area contributed by atoms with E-state index in [9.17, 15) is 21.2 Å². The summed E-state index contributed by atoms with van der Waals surface area (Å²) < 4.78 is 66.7. The first-order chi connectivity index (χ1) is 13.7. The summed E-state index contributed by atoms with van der Waals surface area (Å²) in [7, 11) is -6.17. The monoisotopic (exact) mass is 434 g/mol. The molecule has 3 rings (SSSR count). The molecule has 0 aliphatic carbocycles. The van der Waals surface area contributed by atoms with Crippen LogP contribution in [0.5, 0.6) is 0 Å². The van der Waals surface area contributed by atoms with Crippen molar-refractivity contribution < 1.29 is 21.2 Å². The van der Waals surface area contributed by atoms with Gasteiger partial charge in [0.25, 0.3) is 10.0 Å². The van der Waals surface area contributed by atoms with Crippen molar-refractivity contribution in [3.63, 3.8) is 0 Å². The van der Waals surface area contributed by atoms with Gasteiger partial charge in [0, 0.05) is 19.3 Å². The molecule has 0 aromatic heterocycles. The minimum atomic E-state index is -3.91. The van der Waals surface area contributed by atoms with E-state index in [1.807, 2.05) is 30.3 Å². The van der Waals surface area contributed by atoms with Crippen LogP contribution >= 0.6 is 0 Å². The Morgan fingerprint density at radius 2 is 1.34 bits per heavy atom. The molecule has 0 bridgehead atoms. The second-order valence-corrected chi connectivity index (χ2v) is 10.1. The minimum absolute atomic E-state index is 0.0423. The van der Waals surface area contributed by atoms with Gasteiger partial charge >= 0.3 is 0 Å². The second-order valence-electron chi connectivity index (χ2n) is 6.33. The molecule has 6 nitrogen and oxygen atoms in total. The van der Waals surface area contributed by atoms with Crippen LogP contribution in [-0.2, 0) is 26.6 Å². The van der Waals surface area contributed by atoms with E-state index < -0.39 is 25.9 Å². The smallest absolute Gasteiger partial charge is 0.261 e. The predicted molar refractivity (Wildman–Crippen MR) is 109 cm³/mol. The summed E-state index contributed by atoms with van der Waals surface area (Å²) in [6, 6.07) is 19.0. The van der Waals surface area contributed by atoms with Crippen LogP contribution in [0.3, 0.4) is 0 Å². The zero-order valence-electron chi connectivity index (χ0n) is 15.5. The molecule has 152 valence electrons. The van der Waals surface area contributed by atoms with Gasteiger partial charge in [0.1, 0.15) is 5.82 Å². The van der Waals surface area contributed by atoms with Crippen LogP contribution in [0.15, 0.2) is 88.7 Å². The topological polar surface area (TPSA) is 83.6 Å². The number of sulfonamides is 2. The first-order valence-corrected chi connectivity index (χ1v) is 11.5. The summed E-state index contributed by atoms with van der Waals surface area (Å²) >= 11 is 0. The van der Waals surface area contributed by atoms with E-state index in [0.717, 1.165) is 29.8 Å². The molecule has 0 atom stereocenters. The average Bonchev–Trinajstić information content (AvgIpc) is 2.69. The molecule has 3 aromatic carbocycles. The summed E-state index contributed by atoms with van der Waals surface area (Å²) in [5.41, 5.74) is 1.04. The lowest BCUT2D eigenvalue weighted by Gasteiger charge is -2.17. The van der Waals surface area contributed by atoms with Gasteiger partial charge in [0.05, 0.1) is 9.79 Å². The fourth-order valence-electron chi connectivity index (χ4n) is 2.63. The Balaban J connectivity index is 1.76. The molecule has 0 unspecified atom stereocenters. The Hall–Kier alpha value is -2.75. The van der Waals surface area contributed by atoms with Crippen molar-refractivity contribution in [2.45, 2.75) is 16.3 Å². The van der Waals surface area contributed by atoms with E-state index in [-0.39, 0.29) is 22.0 Å². The van der Waals surface area contributed by atoms with Gasteiger partial charge in [0.15, 0.2) is 0 Å². The van der Waals surface area contributed by atoms with E-state index in [1.165, 1.54) is 35.6 Å². The van der Waals surface area contributed by atoms with Gasteiger partial charge < -0.3 is 0 Å². The van der Waals surface area contributed by atoms with Gasteiger partial charge in [-0.05, 0) is 54.1 Å². The van der Waals surface area contributed by atoms with Crippen molar-refractivity contribution >= 4 is 25.7 Å². The molecule has 29 heavy (non-hydrogen) atoms. The molecule has 0 saturated carbocycles. The number of nitrogens with one attached hydrogen (secondary N) is 1. The van der Waals surface area contributed by atoms with E-state index in [1.54, 1.807) is 0 Å². The largest absolute Gasteiger partial charge is 0.280 e. The van der Waals surface area contributed by atoms with Gasteiger partial charge in [-0.15, -0.1) is 0 Å². The van der Waals surface area contributed by atoms with Crippen LogP contribution in [0.4, 0.5) is 10.1 Å². The Morgan fingerprint density at radius 1 is 0.793 bits per heavy atom. The Kier molecular flexibility index (Phi) is 6.02. The molecule has 3 aromatic rings. The van der Waals surface area contributed by atoms with Gasteiger partial charge in [-0.25, -0.2) is 21.2 Å². The molecule has 0 fully saturated rings. The van der Waals surface area contributed by atoms with E-state index >= 15 is 0 Å². The highest BCUT2D eigenvalue weighted by atomic mass is 32.2. The molecule has 9 heteroatoms. The van der Waals surface area contributed by atoms with Crippen molar-refractivity contribution in [2.24, 2.45) is 0 Å². The minimum Gasteiger partial charge on any atom is -0.280 e. The molecular weight excluding hydrogens is 415 g/mol. The standard InChI is InChI=1S/C20H19FN2O4S2/c1-23(15-16-5-3-2-4-6-16)29(26,27)20-13-9-18(10-14-20)22-28(24,25)19-11-7-17(21)8-12-19/h2-14,22H,15H2,1H3. The highest BCUT2D eigenvalue weighted by Crippen LogP contribution is 2.21. The van der Waals surface area contributed by atoms with Crippen LogP contribution in [-0.4, -0.2) is 28.2 Å². The number of rotatable bonds is 7. The lowest BCUT2D eigenvalue weighted by Crippen LogP contribution is -2.26. The maximum atomic E-state index is 13.0. The maximum Gasteiger partial charge on any atom is 0.261 e. The molecule has 0 aliphatic rings. The Labute approximate surface area is 169 Å². The maximum absolute atomic E-state index is 13.0. The summed E-state index contributed by atoms with van der Waals surface area (Å²) in [5, 5.41) is 0. The van der Waals surface area contributed by atoms with Crippen LogP contribution in [0.1, 0.15) is 5.56 Å². The zero-order valence-corrected chi connectivity index (χ0v) is 17.1. The molecule has 1 N–H and O–H groups in total.